The number of hydrogen-bond acceptors (Lipinski definition) is 0. The van der Waals surface area contributed by atoms with Gasteiger partial charge in [-0.15, -0.1) is 0 Å². The highest BCUT2D eigenvalue weighted by molar-refractivity contribution is 7.08. The van der Waals surface area contributed by atoms with Gasteiger partial charge in [-0.2, -0.15) is 11.1 Å². The van der Waals surface area contributed by atoms with E-state index in [-0.39, 0.29) is 5.04 Å². The molecule has 2 heteroatoms. The minimum Gasteiger partial charge on any atom is -0.171 e. The zero-order valence-corrected chi connectivity index (χ0v) is 10.5. The lowest BCUT2D eigenvalue weighted by molar-refractivity contribution is 0.741. The Labute approximate surface area is 87.2 Å². The molecule has 0 aliphatic rings. The van der Waals surface area contributed by atoms with E-state index in [9.17, 15) is 0 Å². The van der Waals surface area contributed by atoms with Crippen molar-refractivity contribution in [2.45, 2.75) is 31.9 Å². The summed E-state index contributed by atoms with van der Waals surface area (Å²) in [7, 11) is -1.14. The minimum atomic E-state index is -1.14. The molecule has 0 aromatic heterocycles. The van der Waals surface area contributed by atoms with Crippen molar-refractivity contribution in [3.05, 3.63) is 35.9 Å². The predicted octanol–water partition coefficient (Wildman–Crippen LogP) is 3.49. The molecule has 1 rings (SSSR count). The van der Waals surface area contributed by atoms with E-state index >= 15 is 0 Å². The van der Waals surface area contributed by atoms with Gasteiger partial charge in [-0.1, -0.05) is 51.1 Å². The molecule has 0 radical (unpaired) electrons. The van der Waals surface area contributed by atoms with Crippen LogP contribution in [0.5, 0.6) is 0 Å². The molecular weight excluding hydrogens is 196 g/mol. The summed E-state index contributed by atoms with van der Waals surface area (Å²) < 4.78 is 0. The second-order valence-electron chi connectivity index (χ2n) is 3.96. The Bertz CT molecular complexity index is 256. The third-order valence-electron chi connectivity index (χ3n) is 2.66. The average molecular weight is 213 g/mol. The predicted molar refractivity (Wildman–Crippen MR) is 63.0 cm³/mol. The van der Waals surface area contributed by atoms with Gasteiger partial charge in [-0.05, 0) is 16.6 Å². The van der Waals surface area contributed by atoms with Gasteiger partial charge in [0.2, 0.25) is 0 Å². The maximum Gasteiger partial charge on any atom is 0.150 e. The maximum absolute atomic E-state index is 6.43. The summed E-state index contributed by atoms with van der Waals surface area (Å²) in [5, 5.41) is 0.206. The molecule has 0 fully saturated rings. The average Bonchev–Trinajstić information content (AvgIpc) is 2.18. The molecule has 0 aliphatic heterocycles. The van der Waals surface area contributed by atoms with Crippen LogP contribution in [0.15, 0.2) is 30.3 Å². The lowest BCUT2D eigenvalue weighted by atomic mass is 10.0. The molecular formula is C11H17ClSi. The van der Waals surface area contributed by atoms with Crippen molar-refractivity contribution in [1.82, 2.24) is 0 Å². The summed E-state index contributed by atoms with van der Waals surface area (Å²) in [6.45, 7) is 6.71. The summed E-state index contributed by atoms with van der Waals surface area (Å²) >= 11 is 6.43. The lowest BCUT2D eigenvalue weighted by Gasteiger charge is -2.28. The first-order valence-electron chi connectivity index (χ1n) is 4.78. The van der Waals surface area contributed by atoms with E-state index in [1.165, 1.54) is 5.56 Å². The summed E-state index contributed by atoms with van der Waals surface area (Å²) in [6.07, 6.45) is 0. The van der Waals surface area contributed by atoms with Crippen LogP contribution in [-0.2, 0) is 5.04 Å². The Hall–Kier alpha value is -0.273. The van der Waals surface area contributed by atoms with Crippen molar-refractivity contribution < 1.29 is 0 Å². The van der Waals surface area contributed by atoms with Crippen LogP contribution in [0.3, 0.4) is 0 Å². The van der Waals surface area contributed by atoms with Gasteiger partial charge in [0.25, 0.3) is 0 Å². The minimum absolute atomic E-state index is 0.206. The SMILES string of the molecule is CC[SiH](Cl)C(C)(C)c1ccccc1. The molecule has 0 nitrogen and oxygen atoms in total. The Balaban J connectivity index is 2.93. The van der Waals surface area contributed by atoms with Crippen LogP contribution < -0.4 is 0 Å². The van der Waals surface area contributed by atoms with Crippen molar-refractivity contribution in [3.63, 3.8) is 0 Å². The van der Waals surface area contributed by atoms with E-state index in [4.69, 9.17) is 11.1 Å². The monoisotopic (exact) mass is 212 g/mol. The molecule has 1 atom stereocenters. The van der Waals surface area contributed by atoms with Crippen molar-refractivity contribution in [3.8, 4) is 0 Å². The maximum atomic E-state index is 6.43. The normalized spacial score (nSPS) is 14.2. The van der Waals surface area contributed by atoms with E-state index in [0.29, 0.717) is 0 Å². The summed E-state index contributed by atoms with van der Waals surface area (Å²) in [4.78, 5) is 0. The standard InChI is InChI=1S/C11H17ClSi/c1-4-13(12)11(2,3)10-8-6-5-7-9-10/h5-9,13H,4H2,1-3H3. The molecule has 0 N–H and O–H groups in total. The smallest absolute Gasteiger partial charge is 0.150 e. The highest BCUT2D eigenvalue weighted by Crippen LogP contribution is 2.29. The van der Waals surface area contributed by atoms with E-state index in [2.05, 4.69) is 51.1 Å². The molecule has 0 saturated carbocycles. The van der Waals surface area contributed by atoms with Crippen LogP contribution in [0.25, 0.3) is 0 Å². The summed E-state index contributed by atoms with van der Waals surface area (Å²) in [5.74, 6) is 0. The first-order chi connectivity index (χ1) is 6.09. The Kier molecular flexibility index (Phi) is 3.57. The first kappa shape index (κ1) is 10.8. The second kappa shape index (κ2) is 4.29. The Morgan fingerprint density at radius 2 is 1.77 bits per heavy atom. The molecule has 0 aliphatic carbocycles. The van der Waals surface area contributed by atoms with Gasteiger partial charge >= 0.3 is 0 Å². The van der Waals surface area contributed by atoms with Crippen LogP contribution in [-0.4, -0.2) is 8.11 Å². The largest absolute Gasteiger partial charge is 0.171 e. The van der Waals surface area contributed by atoms with E-state index < -0.39 is 8.11 Å². The topological polar surface area (TPSA) is 0 Å². The van der Waals surface area contributed by atoms with Gasteiger partial charge in [0, 0.05) is 0 Å². The van der Waals surface area contributed by atoms with Gasteiger partial charge in [0.1, 0.15) is 0 Å². The van der Waals surface area contributed by atoms with Gasteiger partial charge in [-0.3, -0.25) is 0 Å². The quantitative estimate of drug-likeness (QED) is 0.532. The van der Waals surface area contributed by atoms with Crippen molar-refractivity contribution in [2.75, 3.05) is 0 Å². The zero-order chi connectivity index (χ0) is 9.90. The van der Waals surface area contributed by atoms with E-state index in [0.717, 1.165) is 6.04 Å². The first-order valence-corrected chi connectivity index (χ1v) is 7.92. The van der Waals surface area contributed by atoms with Gasteiger partial charge < -0.3 is 0 Å². The number of rotatable bonds is 3. The third-order valence-corrected chi connectivity index (χ3v) is 7.84. The molecule has 0 bridgehead atoms. The summed E-state index contributed by atoms with van der Waals surface area (Å²) in [5.41, 5.74) is 1.38. The molecule has 1 aromatic rings. The van der Waals surface area contributed by atoms with Crippen LogP contribution in [0.4, 0.5) is 0 Å². The lowest BCUT2D eigenvalue weighted by Crippen LogP contribution is -2.32. The molecule has 13 heavy (non-hydrogen) atoms. The number of hydrogen-bond donors (Lipinski definition) is 0. The van der Waals surface area contributed by atoms with Crippen LogP contribution in [0.2, 0.25) is 6.04 Å². The van der Waals surface area contributed by atoms with Gasteiger partial charge in [-0.25, -0.2) is 0 Å². The van der Waals surface area contributed by atoms with Crippen molar-refractivity contribution in [1.29, 1.82) is 0 Å². The van der Waals surface area contributed by atoms with Crippen LogP contribution in [0, 0.1) is 0 Å². The summed E-state index contributed by atoms with van der Waals surface area (Å²) in [6, 6.07) is 11.7. The fraction of sp³-hybridized carbons (Fsp3) is 0.455. The Morgan fingerprint density at radius 3 is 2.23 bits per heavy atom. The van der Waals surface area contributed by atoms with E-state index in [1.54, 1.807) is 0 Å². The highest BCUT2D eigenvalue weighted by Gasteiger charge is 2.29. The highest BCUT2D eigenvalue weighted by atomic mass is 35.6. The fourth-order valence-electron chi connectivity index (χ4n) is 1.56. The van der Waals surface area contributed by atoms with Crippen molar-refractivity contribution >= 4 is 19.2 Å². The molecule has 0 saturated heterocycles. The second-order valence-corrected chi connectivity index (χ2v) is 8.74. The third kappa shape index (κ3) is 2.35. The molecule has 0 amide bonds. The fourth-order valence-corrected chi connectivity index (χ4v) is 3.51. The Morgan fingerprint density at radius 1 is 1.23 bits per heavy atom. The van der Waals surface area contributed by atoms with E-state index in [1.807, 2.05) is 0 Å². The van der Waals surface area contributed by atoms with Crippen LogP contribution in [0.1, 0.15) is 26.3 Å². The van der Waals surface area contributed by atoms with Gasteiger partial charge in [0.05, 0.1) is 0 Å². The number of halogens is 1. The molecule has 72 valence electrons. The van der Waals surface area contributed by atoms with Crippen molar-refractivity contribution in [2.24, 2.45) is 0 Å². The van der Waals surface area contributed by atoms with Crippen LogP contribution >= 0.6 is 11.1 Å². The molecule has 0 heterocycles. The van der Waals surface area contributed by atoms with Gasteiger partial charge in [0.15, 0.2) is 8.11 Å². The molecule has 1 aromatic carbocycles. The molecule has 1 unspecified atom stereocenters. The zero-order valence-electron chi connectivity index (χ0n) is 8.55. The number of benzene rings is 1. The molecule has 0 spiro atoms.